The Labute approximate surface area is 159 Å². The van der Waals surface area contributed by atoms with E-state index in [9.17, 15) is 4.79 Å². The number of methoxy groups -OCH3 is 1. The van der Waals surface area contributed by atoms with Crippen molar-refractivity contribution in [3.05, 3.63) is 30.3 Å². The number of carbonyl (C=O) groups is 1. The molecule has 2 rings (SSSR count). The van der Waals surface area contributed by atoms with Gasteiger partial charge in [0.1, 0.15) is 0 Å². The number of ether oxygens (including phenoxy) is 1. The summed E-state index contributed by atoms with van der Waals surface area (Å²) in [7, 11) is 1.53. The van der Waals surface area contributed by atoms with Crippen molar-refractivity contribution in [2.75, 3.05) is 7.11 Å². The second-order valence-electron chi connectivity index (χ2n) is 7.22. The van der Waals surface area contributed by atoms with Gasteiger partial charge >= 0.3 is 159 Å². The Morgan fingerprint density at radius 3 is 2.60 bits per heavy atom. The van der Waals surface area contributed by atoms with E-state index in [4.69, 9.17) is 4.74 Å². The number of rotatable bonds is 6. The summed E-state index contributed by atoms with van der Waals surface area (Å²) in [6.45, 7) is 4.44. The molecule has 25 heavy (non-hydrogen) atoms. The van der Waals surface area contributed by atoms with Gasteiger partial charge in [0.15, 0.2) is 0 Å². The van der Waals surface area contributed by atoms with E-state index in [0.717, 1.165) is 37.4 Å². The van der Waals surface area contributed by atoms with Crippen molar-refractivity contribution >= 4 is 25.4 Å². The quantitative estimate of drug-likeness (QED) is 0.399. The summed E-state index contributed by atoms with van der Waals surface area (Å²) in [4.78, 5) is 12.9. The Hall–Kier alpha value is -1.23. The van der Waals surface area contributed by atoms with Crippen molar-refractivity contribution in [1.82, 2.24) is 0 Å². The zero-order chi connectivity index (χ0) is 18.2. The van der Waals surface area contributed by atoms with Gasteiger partial charge in [-0.1, -0.05) is 0 Å². The molecule has 136 valence electrons. The van der Waals surface area contributed by atoms with Crippen LogP contribution in [0.15, 0.2) is 30.3 Å². The number of hydrogen-bond acceptors (Lipinski definition) is 2. The Bertz CT molecular complexity index is 616. The molecule has 0 saturated heterocycles. The molecule has 1 fully saturated rings. The minimum atomic E-state index is -0.447. The van der Waals surface area contributed by atoms with Gasteiger partial charge in [-0.25, -0.2) is 0 Å². The number of benzene rings is 1. The average Bonchev–Trinajstić information content (AvgIpc) is 2.65. The molecule has 0 heterocycles. The van der Waals surface area contributed by atoms with Crippen molar-refractivity contribution < 1.29 is 9.53 Å². The van der Waals surface area contributed by atoms with Crippen molar-refractivity contribution in [2.45, 2.75) is 64.1 Å². The van der Waals surface area contributed by atoms with E-state index in [1.807, 2.05) is 0 Å². The van der Waals surface area contributed by atoms with Gasteiger partial charge in [0.25, 0.3) is 0 Å². The van der Waals surface area contributed by atoms with Gasteiger partial charge in [-0.05, 0) is 0 Å². The molecule has 2 nitrogen and oxygen atoms in total. The predicted molar refractivity (Wildman–Crippen MR) is 105 cm³/mol. The molecule has 0 radical (unpaired) electrons. The van der Waals surface area contributed by atoms with Crippen LogP contribution in [0.4, 0.5) is 0 Å². The van der Waals surface area contributed by atoms with E-state index >= 15 is 0 Å². The van der Waals surface area contributed by atoms with Gasteiger partial charge in [0.05, 0.1) is 0 Å². The summed E-state index contributed by atoms with van der Waals surface area (Å²) < 4.78 is 6.70. The van der Waals surface area contributed by atoms with Gasteiger partial charge in [0, 0.05) is 0 Å². The Morgan fingerprint density at radius 1 is 1.20 bits per heavy atom. The normalized spacial score (nSPS) is 25.7. The average molecular weight is 405 g/mol. The van der Waals surface area contributed by atoms with Crippen LogP contribution < -0.4 is 4.46 Å². The zero-order valence-corrected chi connectivity index (χ0v) is 17.5. The van der Waals surface area contributed by atoms with Crippen LogP contribution in [-0.2, 0) is 9.53 Å². The van der Waals surface area contributed by atoms with E-state index in [-0.39, 0.29) is 11.4 Å². The first-order valence-electron chi connectivity index (χ1n) is 9.30. The third-order valence-electron chi connectivity index (χ3n) is 5.50. The molecule has 0 amide bonds. The van der Waals surface area contributed by atoms with Crippen LogP contribution in [0.2, 0.25) is 5.32 Å². The van der Waals surface area contributed by atoms with Crippen LogP contribution in [0.25, 0.3) is 0 Å². The second kappa shape index (κ2) is 9.46. The van der Waals surface area contributed by atoms with E-state index in [1.165, 1.54) is 18.0 Å². The number of esters is 1. The second-order valence-corrected chi connectivity index (χ2v) is 9.42. The van der Waals surface area contributed by atoms with E-state index in [0.29, 0.717) is 21.4 Å². The molecule has 0 spiro atoms. The molecular weight excluding hydrogens is 375 g/mol. The molecule has 1 saturated carbocycles. The molecule has 3 heteroatoms. The molecule has 1 aliphatic rings. The third-order valence-corrected chi connectivity index (χ3v) is 8.41. The zero-order valence-electron chi connectivity index (χ0n) is 15.8. The van der Waals surface area contributed by atoms with Crippen LogP contribution in [0.1, 0.15) is 58.8 Å². The maximum atomic E-state index is 12.9. The van der Waals surface area contributed by atoms with Crippen LogP contribution >= 0.6 is 0 Å². The fourth-order valence-electron chi connectivity index (χ4n) is 3.80. The summed E-state index contributed by atoms with van der Waals surface area (Å²) in [6.07, 6.45) is 6.89. The summed E-state index contributed by atoms with van der Waals surface area (Å²) in [6, 6.07) is 10.7. The maximum absolute atomic E-state index is 12.9. The molecule has 0 aliphatic heterocycles. The van der Waals surface area contributed by atoms with Gasteiger partial charge in [-0.3, -0.25) is 0 Å². The van der Waals surface area contributed by atoms with Gasteiger partial charge in [-0.15, -0.1) is 0 Å². The summed E-state index contributed by atoms with van der Waals surface area (Å²) in [5.74, 6) is 6.52. The van der Waals surface area contributed by atoms with Crippen molar-refractivity contribution in [2.24, 2.45) is 10.8 Å². The van der Waals surface area contributed by atoms with E-state index < -0.39 is 5.41 Å². The molecule has 1 aliphatic carbocycles. The SMILES string of the molecule is CCCC#CC[C@@]1(C(=O)OC)CCCC[C@]1(C)C[Se]c1ccccc1. The third kappa shape index (κ3) is 4.69. The van der Waals surface area contributed by atoms with Crippen LogP contribution in [0.3, 0.4) is 0 Å². The molecule has 0 N–H and O–H groups in total. The molecule has 0 bridgehead atoms. The van der Waals surface area contributed by atoms with Crippen molar-refractivity contribution in [3.8, 4) is 11.8 Å². The Kier molecular flexibility index (Phi) is 7.60. The molecule has 0 aromatic heterocycles. The topological polar surface area (TPSA) is 26.3 Å². The minimum absolute atomic E-state index is 0.0327. The van der Waals surface area contributed by atoms with Gasteiger partial charge < -0.3 is 0 Å². The van der Waals surface area contributed by atoms with Gasteiger partial charge in [0.2, 0.25) is 0 Å². The number of unbranched alkanes of at least 4 members (excludes halogenated alkanes) is 1. The van der Waals surface area contributed by atoms with E-state index in [1.54, 1.807) is 0 Å². The molecule has 1 aromatic carbocycles. The van der Waals surface area contributed by atoms with Crippen LogP contribution in [-0.4, -0.2) is 28.0 Å². The van der Waals surface area contributed by atoms with Crippen LogP contribution in [0.5, 0.6) is 0 Å². The number of carbonyl (C=O) groups excluding carboxylic acids is 1. The summed E-state index contributed by atoms with van der Waals surface area (Å²) in [5, 5.41) is 1.06. The molecule has 0 unspecified atom stereocenters. The van der Waals surface area contributed by atoms with Crippen LogP contribution in [0, 0.1) is 22.7 Å². The number of hydrogen-bond donors (Lipinski definition) is 0. The van der Waals surface area contributed by atoms with E-state index in [2.05, 4.69) is 56.0 Å². The molecular formula is C22H30O2Se. The molecule has 1 aromatic rings. The fourth-order valence-corrected chi connectivity index (χ4v) is 6.43. The first kappa shape index (κ1) is 20.1. The first-order chi connectivity index (χ1) is 12.1. The Balaban J connectivity index is 2.25. The summed E-state index contributed by atoms with van der Waals surface area (Å²) >= 11 is 0.365. The fraction of sp³-hybridized carbons (Fsp3) is 0.591. The standard InChI is InChI=1S/C22H30O2Se/c1-4-5-6-10-16-22(20(23)24-3)17-12-11-15-21(22,2)18-25-19-13-8-7-9-14-19/h7-9,13-14H,4-5,11-12,15-18H2,1-3H3/t21-,22+/m1/s1. The summed E-state index contributed by atoms with van der Waals surface area (Å²) in [5.41, 5.74) is -0.480. The van der Waals surface area contributed by atoms with Crippen molar-refractivity contribution in [3.63, 3.8) is 0 Å². The molecule has 2 atom stereocenters. The van der Waals surface area contributed by atoms with Crippen molar-refractivity contribution in [1.29, 1.82) is 0 Å². The monoisotopic (exact) mass is 406 g/mol. The first-order valence-corrected chi connectivity index (χ1v) is 11.4. The Morgan fingerprint density at radius 2 is 1.92 bits per heavy atom. The predicted octanol–water partition coefficient (Wildman–Crippen LogP) is 4.37. The van der Waals surface area contributed by atoms with Gasteiger partial charge in [-0.2, -0.15) is 0 Å².